The van der Waals surface area contributed by atoms with E-state index < -0.39 is 6.10 Å². The summed E-state index contributed by atoms with van der Waals surface area (Å²) in [7, 11) is 0. The first-order valence-corrected chi connectivity index (χ1v) is 3.98. The number of nitrogens with zero attached hydrogens (tertiary/aromatic N) is 1. The van der Waals surface area contributed by atoms with Gasteiger partial charge in [-0.15, -0.1) is 0 Å². The van der Waals surface area contributed by atoms with Crippen molar-refractivity contribution >= 4 is 0 Å². The standard InChI is InChI=1S/C9H14N2O/c1-6(10)9(12)8-4-3-5-11-7(8)2/h3-6,9,12H,10H2,1-2H3/t6-,9-/m0/s1. The number of hydrogen-bond acceptors (Lipinski definition) is 3. The van der Waals surface area contributed by atoms with Gasteiger partial charge in [0.15, 0.2) is 0 Å². The molecule has 3 heteroatoms. The van der Waals surface area contributed by atoms with E-state index in [-0.39, 0.29) is 6.04 Å². The van der Waals surface area contributed by atoms with Gasteiger partial charge in [0.25, 0.3) is 0 Å². The molecule has 1 aromatic rings. The average Bonchev–Trinajstić information content (AvgIpc) is 2.04. The van der Waals surface area contributed by atoms with E-state index in [1.165, 1.54) is 0 Å². The molecule has 0 aliphatic carbocycles. The van der Waals surface area contributed by atoms with E-state index in [9.17, 15) is 5.11 Å². The molecule has 0 radical (unpaired) electrons. The van der Waals surface area contributed by atoms with Gasteiger partial charge >= 0.3 is 0 Å². The van der Waals surface area contributed by atoms with Crippen molar-refractivity contribution in [2.24, 2.45) is 5.73 Å². The lowest BCUT2D eigenvalue weighted by Gasteiger charge is -2.15. The molecule has 0 aromatic carbocycles. The predicted octanol–water partition coefficient (Wildman–Crippen LogP) is 0.771. The molecule has 0 spiro atoms. The summed E-state index contributed by atoms with van der Waals surface area (Å²) < 4.78 is 0. The Labute approximate surface area is 72.2 Å². The van der Waals surface area contributed by atoms with Crippen molar-refractivity contribution in [1.29, 1.82) is 0 Å². The molecule has 0 saturated carbocycles. The maximum absolute atomic E-state index is 9.61. The molecule has 0 bridgehead atoms. The topological polar surface area (TPSA) is 59.1 Å². The van der Waals surface area contributed by atoms with Crippen LogP contribution in [0.15, 0.2) is 18.3 Å². The fourth-order valence-electron chi connectivity index (χ4n) is 1.09. The summed E-state index contributed by atoms with van der Waals surface area (Å²) in [4.78, 5) is 4.07. The van der Waals surface area contributed by atoms with Crippen molar-refractivity contribution in [2.45, 2.75) is 26.0 Å². The van der Waals surface area contributed by atoms with Crippen LogP contribution >= 0.6 is 0 Å². The molecular formula is C9H14N2O. The van der Waals surface area contributed by atoms with Gasteiger partial charge in [0, 0.05) is 23.5 Å². The molecule has 1 rings (SSSR count). The van der Waals surface area contributed by atoms with Crippen LogP contribution in [0, 0.1) is 6.92 Å². The highest BCUT2D eigenvalue weighted by Crippen LogP contribution is 2.17. The van der Waals surface area contributed by atoms with Crippen molar-refractivity contribution in [3.05, 3.63) is 29.6 Å². The SMILES string of the molecule is Cc1ncccc1[C@@H](O)[C@H](C)N. The van der Waals surface area contributed by atoms with E-state index >= 15 is 0 Å². The van der Waals surface area contributed by atoms with Crippen LogP contribution in [0.4, 0.5) is 0 Å². The fraction of sp³-hybridized carbons (Fsp3) is 0.444. The Morgan fingerprint density at radius 3 is 2.75 bits per heavy atom. The Hall–Kier alpha value is -0.930. The van der Waals surface area contributed by atoms with Gasteiger partial charge in [-0.3, -0.25) is 4.98 Å². The number of aromatic nitrogens is 1. The first-order valence-electron chi connectivity index (χ1n) is 3.98. The summed E-state index contributed by atoms with van der Waals surface area (Å²) in [6.45, 7) is 3.64. The van der Waals surface area contributed by atoms with Gasteiger partial charge in [0.1, 0.15) is 0 Å². The molecule has 1 heterocycles. The Bertz CT molecular complexity index is 260. The molecule has 0 unspecified atom stereocenters. The van der Waals surface area contributed by atoms with Crippen molar-refractivity contribution < 1.29 is 5.11 Å². The molecule has 66 valence electrons. The van der Waals surface area contributed by atoms with Crippen LogP contribution in [-0.4, -0.2) is 16.1 Å². The van der Waals surface area contributed by atoms with E-state index in [0.717, 1.165) is 11.3 Å². The third kappa shape index (κ3) is 1.81. The zero-order valence-corrected chi connectivity index (χ0v) is 7.36. The van der Waals surface area contributed by atoms with Gasteiger partial charge in [-0.25, -0.2) is 0 Å². The molecule has 1 aromatic heterocycles. The van der Waals surface area contributed by atoms with Crippen LogP contribution in [0.1, 0.15) is 24.3 Å². The Kier molecular flexibility index (Phi) is 2.78. The summed E-state index contributed by atoms with van der Waals surface area (Å²) in [6.07, 6.45) is 1.09. The summed E-state index contributed by atoms with van der Waals surface area (Å²) in [5, 5.41) is 9.61. The second kappa shape index (κ2) is 3.65. The third-order valence-electron chi connectivity index (χ3n) is 1.86. The Morgan fingerprint density at radius 1 is 1.58 bits per heavy atom. The number of aliphatic hydroxyl groups excluding tert-OH is 1. The van der Waals surface area contributed by atoms with Gasteiger partial charge < -0.3 is 10.8 Å². The lowest BCUT2D eigenvalue weighted by molar-refractivity contribution is 0.152. The molecule has 0 amide bonds. The molecule has 0 saturated heterocycles. The van der Waals surface area contributed by atoms with E-state index in [1.807, 2.05) is 13.0 Å². The second-order valence-corrected chi connectivity index (χ2v) is 2.98. The minimum atomic E-state index is -0.612. The van der Waals surface area contributed by atoms with Gasteiger partial charge in [-0.05, 0) is 19.9 Å². The molecule has 0 fully saturated rings. The number of rotatable bonds is 2. The van der Waals surface area contributed by atoms with Crippen LogP contribution < -0.4 is 5.73 Å². The van der Waals surface area contributed by atoms with Crippen LogP contribution in [-0.2, 0) is 0 Å². The first kappa shape index (κ1) is 9.16. The predicted molar refractivity (Wildman–Crippen MR) is 47.6 cm³/mol. The second-order valence-electron chi connectivity index (χ2n) is 2.98. The van der Waals surface area contributed by atoms with Crippen LogP contribution in [0.2, 0.25) is 0 Å². The number of hydrogen-bond donors (Lipinski definition) is 2. The fourth-order valence-corrected chi connectivity index (χ4v) is 1.09. The zero-order chi connectivity index (χ0) is 9.14. The molecule has 3 N–H and O–H groups in total. The van der Waals surface area contributed by atoms with Gasteiger partial charge in [-0.2, -0.15) is 0 Å². The minimum Gasteiger partial charge on any atom is -0.387 e. The van der Waals surface area contributed by atoms with Crippen LogP contribution in [0.25, 0.3) is 0 Å². The van der Waals surface area contributed by atoms with E-state index in [4.69, 9.17) is 5.73 Å². The maximum atomic E-state index is 9.61. The molecule has 12 heavy (non-hydrogen) atoms. The Morgan fingerprint density at radius 2 is 2.25 bits per heavy atom. The van der Waals surface area contributed by atoms with E-state index in [2.05, 4.69) is 4.98 Å². The largest absolute Gasteiger partial charge is 0.387 e. The lowest BCUT2D eigenvalue weighted by atomic mass is 10.0. The van der Waals surface area contributed by atoms with E-state index in [1.54, 1.807) is 19.2 Å². The maximum Gasteiger partial charge on any atom is 0.0955 e. The number of aliphatic hydroxyl groups is 1. The quantitative estimate of drug-likeness (QED) is 0.682. The highest BCUT2D eigenvalue weighted by molar-refractivity contribution is 5.21. The third-order valence-corrected chi connectivity index (χ3v) is 1.86. The number of pyridine rings is 1. The molecule has 2 atom stereocenters. The normalized spacial score (nSPS) is 15.7. The average molecular weight is 166 g/mol. The van der Waals surface area contributed by atoms with Crippen molar-refractivity contribution in [3.63, 3.8) is 0 Å². The Balaban J connectivity index is 2.94. The minimum absolute atomic E-state index is 0.257. The summed E-state index contributed by atoms with van der Waals surface area (Å²) >= 11 is 0. The van der Waals surface area contributed by atoms with Crippen molar-refractivity contribution in [1.82, 2.24) is 4.98 Å². The molecule has 0 aliphatic heterocycles. The van der Waals surface area contributed by atoms with Crippen LogP contribution in [0.3, 0.4) is 0 Å². The number of aryl methyl sites for hydroxylation is 1. The van der Waals surface area contributed by atoms with Gasteiger partial charge in [0.2, 0.25) is 0 Å². The number of nitrogens with two attached hydrogens (primary N) is 1. The highest BCUT2D eigenvalue weighted by Gasteiger charge is 2.14. The zero-order valence-electron chi connectivity index (χ0n) is 7.36. The molecule has 0 aliphatic rings. The smallest absolute Gasteiger partial charge is 0.0955 e. The van der Waals surface area contributed by atoms with Crippen LogP contribution in [0.5, 0.6) is 0 Å². The summed E-state index contributed by atoms with van der Waals surface area (Å²) in [5.41, 5.74) is 7.21. The van der Waals surface area contributed by atoms with Gasteiger partial charge in [0.05, 0.1) is 6.10 Å². The van der Waals surface area contributed by atoms with Gasteiger partial charge in [-0.1, -0.05) is 6.07 Å². The monoisotopic (exact) mass is 166 g/mol. The molecule has 3 nitrogen and oxygen atoms in total. The highest BCUT2D eigenvalue weighted by atomic mass is 16.3. The van der Waals surface area contributed by atoms with Crippen molar-refractivity contribution in [3.8, 4) is 0 Å². The summed E-state index contributed by atoms with van der Waals surface area (Å²) in [6, 6.07) is 3.39. The van der Waals surface area contributed by atoms with Crippen molar-refractivity contribution in [2.75, 3.05) is 0 Å². The first-order chi connectivity index (χ1) is 5.63. The molecular weight excluding hydrogens is 152 g/mol. The summed E-state index contributed by atoms with van der Waals surface area (Å²) in [5.74, 6) is 0. The van der Waals surface area contributed by atoms with E-state index in [0.29, 0.717) is 0 Å². The lowest BCUT2D eigenvalue weighted by Crippen LogP contribution is -2.25.